The van der Waals surface area contributed by atoms with Gasteiger partial charge in [0.1, 0.15) is 0 Å². The molecule has 72 valence electrons. The molecule has 0 radical (unpaired) electrons. The van der Waals surface area contributed by atoms with Crippen molar-refractivity contribution < 1.29 is 10.2 Å². The molecule has 1 aromatic carbocycles. The highest BCUT2D eigenvalue weighted by atomic mass is 16.3. The van der Waals surface area contributed by atoms with Gasteiger partial charge in [-0.3, -0.25) is 0 Å². The Bertz CT molecular complexity index is 316. The lowest BCUT2D eigenvalue weighted by molar-refractivity contribution is 0.396. The van der Waals surface area contributed by atoms with E-state index < -0.39 is 0 Å². The van der Waals surface area contributed by atoms with Crippen LogP contribution in [0.4, 0.5) is 0 Å². The molecular weight excluding hydrogens is 164 g/mol. The van der Waals surface area contributed by atoms with Crippen molar-refractivity contribution in [3.05, 3.63) is 22.8 Å². The number of hydrogen-bond acceptors (Lipinski definition) is 2. The number of phenolic OH excluding ortho intramolecular Hbond substituents is 2. The third-order valence-electron chi connectivity index (χ3n) is 2.40. The van der Waals surface area contributed by atoms with Gasteiger partial charge in [-0.1, -0.05) is 19.9 Å². The Morgan fingerprint density at radius 1 is 1.08 bits per heavy atom. The van der Waals surface area contributed by atoms with E-state index in [2.05, 4.69) is 0 Å². The van der Waals surface area contributed by atoms with Gasteiger partial charge in [-0.2, -0.15) is 0 Å². The van der Waals surface area contributed by atoms with Crippen molar-refractivity contribution in [3.8, 4) is 11.5 Å². The van der Waals surface area contributed by atoms with Crippen LogP contribution in [0.3, 0.4) is 0 Å². The Kier molecular flexibility index (Phi) is 2.81. The molecule has 1 aromatic rings. The summed E-state index contributed by atoms with van der Waals surface area (Å²) in [5, 5.41) is 19.1. The molecule has 0 unspecified atom stereocenters. The van der Waals surface area contributed by atoms with Crippen molar-refractivity contribution in [3.63, 3.8) is 0 Å². The Morgan fingerprint density at radius 2 is 1.69 bits per heavy atom. The van der Waals surface area contributed by atoms with E-state index in [1.54, 1.807) is 6.92 Å². The largest absolute Gasteiger partial charge is 0.504 e. The lowest BCUT2D eigenvalue weighted by Gasteiger charge is -2.11. The maximum atomic E-state index is 9.64. The maximum Gasteiger partial charge on any atom is 0.161 e. The van der Waals surface area contributed by atoms with Crippen LogP contribution in [-0.2, 0) is 12.8 Å². The number of phenols is 2. The summed E-state index contributed by atoms with van der Waals surface area (Å²) in [4.78, 5) is 0. The quantitative estimate of drug-likeness (QED) is 0.686. The van der Waals surface area contributed by atoms with Crippen molar-refractivity contribution in [2.45, 2.75) is 33.6 Å². The van der Waals surface area contributed by atoms with Crippen LogP contribution in [0.25, 0.3) is 0 Å². The number of rotatable bonds is 2. The van der Waals surface area contributed by atoms with Crippen LogP contribution >= 0.6 is 0 Å². The van der Waals surface area contributed by atoms with Crippen LogP contribution in [0.15, 0.2) is 6.07 Å². The van der Waals surface area contributed by atoms with E-state index in [-0.39, 0.29) is 11.5 Å². The van der Waals surface area contributed by atoms with Crippen LogP contribution in [0.2, 0.25) is 0 Å². The number of aryl methyl sites for hydroxylation is 2. The van der Waals surface area contributed by atoms with Gasteiger partial charge in [-0.05, 0) is 30.9 Å². The molecular formula is C11H16O2. The molecule has 0 aliphatic heterocycles. The van der Waals surface area contributed by atoms with Gasteiger partial charge in [0.2, 0.25) is 0 Å². The lowest BCUT2D eigenvalue weighted by atomic mass is 9.98. The summed E-state index contributed by atoms with van der Waals surface area (Å²) in [5.74, 6) is 0.0772. The first-order chi connectivity index (χ1) is 6.11. The van der Waals surface area contributed by atoms with Gasteiger partial charge in [0.25, 0.3) is 0 Å². The first kappa shape index (κ1) is 9.90. The van der Waals surface area contributed by atoms with E-state index in [1.165, 1.54) is 0 Å². The summed E-state index contributed by atoms with van der Waals surface area (Å²) in [6.07, 6.45) is 1.64. The van der Waals surface area contributed by atoms with E-state index in [0.29, 0.717) is 0 Å². The third kappa shape index (κ3) is 1.62. The highest BCUT2D eigenvalue weighted by Crippen LogP contribution is 2.35. The standard InChI is InChI=1S/C11H16O2/c1-4-8-6-7(3)10(12)11(13)9(8)5-2/h6,12-13H,4-5H2,1-3H3. The van der Waals surface area contributed by atoms with Gasteiger partial charge >= 0.3 is 0 Å². The zero-order valence-corrected chi connectivity index (χ0v) is 8.39. The van der Waals surface area contributed by atoms with Crippen LogP contribution < -0.4 is 0 Å². The van der Waals surface area contributed by atoms with Crippen molar-refractivity contribution >= 4 is 0 Å². The third-order valence-corrected chi connectivity index (χ3v) is 2.40. The SMILES string of the molecule is CCc1cc(C)c(O)c(O)c1CC. The molecule has 2 nitrogen and oxygen atoms in total. The van der Waals surface area contributed by atoms with Crippen molar-refractivity contribution in [2.75, 3.05) is 0 Å². The molecule has 0 spiro atoms. The number of aromatic hydroxyl groups is 2. The first-order valence-electron chi connectivity index (χ1n) is 4.65. The average Bonchev–Trinajstić information content (AvgIpc) is 2.13. The molecule has 2 heteroatoms. The topological polar surface area (TPSA) is 40.5 Å². The second kappa shape index (κ2) is 3.69. The second-order valence-electron chi connectivity index (χ2n) is 3.24. The van der Waals surface area contributed by atoms with Gasteiger partial charge in [-0.15, -0.1) is 0 Å². The molecule has 0 saturated carbocycles. The molecule has 1 rings (SSSR count). The minimum atomic E-state index is 0.0223. The molecule has 13 heavy (non-hydrogen) atoms. The first-order valence-corrected chi connectivity index (χ1v) is 4.65. The molecule has 0 saturated heterocycles. The van der Waals surface area contributed by atoms with Gasteiger partial charge < -0.3 is 10.2 Å². The molecule has 0 aliphatic carbocycles. The smallest absolute Gasteiger partial charge is 0.161 e. The van der Waals surface area contributed by atoms with Gasteiger partial charge in [0, 0.05) is 5.56 Å². The van der Waals surface area contributed by atoms with Crippen molar-refractivity contribution in [1.29, 1.82) is 0 Å². The summed E-state index contributed by atoms with van der Waals surface area (Å²) in [5.41, 5.74) is 2.73. The lowest BCUT2D eigenvalue weighted by Crippen LogP contribution is -1.93. The van der Waals surface area contributed by atoms with E-state index >= 15 is 0 Å². The fourth-order valence-electron chi connectivity index (χ4n) is 1.61. The Morgan fingerprint density at radius 3 is 2.15 bits per heavy atom. The monoisotopic (exact) mass is 180 g/mol. The fourth-order valence-corrected chi connectivity index (χ4v) is 1.61. The number of benzene rings is 1. The minimum absolute atomic E-state index is 0.0223. The van der Waals surface area contributed by atoms with Crippen LogP contribution in [-0.4, -0.2) is 10.2 Å². The van der Waals surface area contributed by atoms with E-state index in [1.807, 2.05) is 19.9 Å². The predicted octanol–water partition coefficient (Wildman–Crippen LogP) is 2.53. The maximum absolute atomic E-state index is 9.64. The molecule has 0 heterocycles. The predicted molar refractivity (Wildman–Crippen MR) is 53.3 cm³/mol. The molecule has 0 atom stereocenters. The normalized spacial score (nSPS) is 10.4. The number of hydrogen-bond donors (Lipinski definition) is 2. The van der Waals surface area contributed by atoms with Crippen LogP contribution in [0.1, 0.15) is 30.5 Å². The van der Waals surface area contributed by atoms with Crippen molar-refractivity contribution in [2.24, 2.45) is 0 Å². The highest BCUT2D eigenvalue weighted by molar-refractivity contribution is 5.53. The zero-order valence-electron chi connectivity index (χ0n) is 8.39. The van der Waals surface area contributed by atoms with E-state index in [4.69, 9.17) is 0 Å². The van der Waals surface area contributed by atoms with Crippen molar-refractivity contribution in [1.82, 2.24) is 0 Å². The molecule has 0 bridgehead atoms. The summed E-state index contributed by atoms with van der Waals surface area (Å²) < 4.78 is 0. The van der Waals surface area contributed by atoms with E-state index in [9.17, 15) is 10.2 Å². The molecule has 2 N–H and O–H groups in total. The van der Waals surface area contributed by atoms with Gasteiger partial charge in [0.15, 0.2) is 11.5 Å². The van der Waals surface area contributed by atoms with Crippen LogP contribution in [0.5, 0.6) is 11.5 Å². The molecule has 0 aromatic heterocycles. The summed E-state index contributed by atoms with van der Waals surface area (Å²) in [6, 6.07) is 1.94. The summed E-state index contributed by atoms with van der Waals surface area (Å²) in [6.45, 7) is 5.82. The Balaban J connectivity index is 3.39. The molecule has 0 amide bonds. The van der Waals surface area contributed by atoms with Gasteiger partial charge in [-0.25, -0.2) is 0 Å². The average molecular weight is 180 g/mol. The second-order valence-corrected chi connectivity index (χ2v) is 3.24. The van der Waals surface area contributed by atoms with Gasteiger partial charge in [0.05, 0.1) is 0 Å². The fraction of sp³-hybridized carbons (Fsp3) is 0.455. The zero-order chi connectivity index (χ0) is 10.0. The summed E-state index contributed by atoms with van der Waals surface area (Å²) >= 11 is 0. The van der Waals surface area contributed by atoms with E-state index in [0.717, 1.165) is 29.5 Å². The van der Waals surface area contributed by atoms with Crippen LogP contribution in [0, 0.1) is 6.92 Å². The Labute approximate surface area is 78.8 Å². The molecule has 0 aliphatic rings. The summed E-state index contributed by atoms with van der Waals surface area (Å²) in [7, 11) is 0. The molecule has 0 fully saturated rings. The highest BCUT2D eigenvalue weighted by Gasteiger charge is 2.11. The Hall–Kier alpha value is -1.18. The minimum Gasteiger partial charge on any atom is -0.504 e.